The van der Waals surface area contributed by atoms with Gasteiger partial charge in [0.15, 0.2) is 0 Å². The monoisotopic (exact) mass is 362 g/mol. The minimum atomic E-state index is -1.14. The first-order chi connectivity index (χ1) is 11.9. The molecule has 1 aliphatic carbocycles. The molecule has 1 aromatic heterocycles. The smallest absolute Gasteiger partial charge is 0.550 e. The SMILES string of the molecule is COc1ccc(-c2ccc(C)c(NC(=O)CC3(C(=O)[O-])CC3)c2)cn1.[Na+]. The number of carboxylic acids is 1. The summed E-state index contributed by atoms with van der Waals surface area (Å²) in [5, 5.41) is 13.9. The number of pyridine rings is 1. The van der Waals surface area contributed by atoms with E-state index in [-0.39, 0.29) is 41.9 Å². The number of hydrogen-bond donors (Lipinski definition) is 1. The number of nitrogens with one attached hydrogen (secondary N) is 1. The Morgan fingerprint density at radius 1 is 1.23 bits per heavy atom. The predicted molar refractivity (Wildman–Crippen MR) is 90.9 cm³/mol. The van der Waals surface area contributed by atoms with Crippen LogP contribution in [0.3, 0.4) is 0 Å². The summed E-state index contributed by atoms with van der Waals surface area (Å²) in [6.07, 6.45) is 2.64. The Balaban J connectivity index is 0.00000243. The molecule has 0 bridgehead atoms. The van der Waals surface area contributed by atoms with Gasteiger partial charge in [-0.3, -0.25) is 4.79 Å². The molecule has 1 aromatic carbocycles. The van der Waals surface area contributed by atoms with Gasteiger partial charge in [0.05, 0.1) is 7.11 Å². The van der Waals surface area contributed by atoms with E-state index >= 15 is 0 Å². The number of anilines is 1. The van der Waals surface area contributed by atoms with Crippen molar-refractivity contribution in [1.82, 2.24) is 4.98 Å². The van der Waals surface area contributed by atoms with Crippen LogP contribution in [0.25, 0.3) is 11.1 Å². The van der Waals surface area contributed by atoms with Gasteiger partial charge in [-0.2, -0.15) is 0 Å². The average Bonchev–Trinajstić information content (AvgIpc) is 3.38. The van der Waals surface area contributed by atoms with Crippen LogP contribution >= 0.6 is 0 Å². The van der Waals surface area contributed by atoms with Crippen molar-refractivity contribution in [1.29, 1.82) is 0 Å². The summed E-state index contributed by atoms with van der Waals surface area (Å²) >= 11 is 0. The van der Waals surface area contributed by atoms with E-state index in [1.807, 2.05) is 31.2 Å². The van der Waals surface area contributed by atoms with Gasteiger partial charge in [0.1, 0.15) is 0 Å². The molecule has 7 heteroatoms. The first-order valence-electron chi connectivity index (χ1n) is 8.06. The topological polar surface area (TPSA) is 91.3 Å². The van der Waals surface area contributed by atoms with Crippen molar-refractivity contribution in [3.05, 3.63) is 42.1 Å². The number of amides is 1. The van der Waals surface area contributed by atoms with Crippen LogP contribution in [0, 0.1) is 12.3 Å². The molecule has 1 amide bonds. The van der Waals surface area contributed by atoms with E-state index in [0.29, 0.717) is 24.4 Å². The number of hydrogen-bond acceptors (Lipinski definition) is 5. The van der Waals surface area contributed by atoms with E-state index in [0.717, 1.165) is 16.7 Å². The first-order valence-corrected chi connectivity index (χ1v) is 8.06. The largest absolute Gasteiger partial charge is 1.00 e. The Morgan fingerprint density at radius 3 is 2.46 bits per heavy atom. The fourth-order valence-electron chi connectivity index (χ4n) is 2.71. The van der Waals surface area contributed by atoms with Gasteiger partial charge in [-0.25, -0.2) is 4.98 Å². The quantitative estimate of drug-likeness (QED) is 0.661. The second-order valence-corrected chi connectivity index (χ2v) is 6.41. The second kappa shape index (κ2) is 8.20. The van der Waals surface area contributed by atoms with Crippen LogP contribution in [0.2, 0.25) is 0 Å². The maximum atomic E-state index is 12.2. The number of aliphatic carboxylic acids is 1. The molecule has 0 radical (unpaired) electrons. The molecule has 0 spiro atoms. The third-order valence-electron chi connectivity index (χ3n) is 4.58. The van der Waals surface area contributed by atoms with Crippen LogP contribution in [-0.4, -0.2) is 24.0 Å². The molecule has 0 saturated heterocycles. The Labute approximate surface area is 174 Å². The Hall–Kier alpha value is -1.89. The summed E-state index contributed by atoms with van der Waals surface area (Å²) in [5.74, 6) is -0.923. The summed E-state index contributed by atoms with van der Waals surface area (Å²) in [6.45, 7) is 1.89. The van der Waals surface area contributed by atoms with Gasteiger partial charge in [-0.1, -0.05) is 12.1 Å². The van der Waals surface area contributed by atoms with E-state index in [9.17, 15) is 14.7 Å². The van der Waals surface area contributed by atoms with E-state index in [1.165, 1.54) is 0 Å². The van der Waals surface area contributed by atoms with E-state index in [2.05, 4.69) is 10.3 Å². The van der Waals surface area contributed by atoms with E-state index in [4.69, 9.17) is 4.74 Å². The van der Waals surface area contributed by atoms with Crippen molar-refractivity contribution in [2.45, 2.75) is 26.2 Å². The molecule has 1 fully saturated rings. The van der Waals surface area contributed by atoms with Crippen molar-refractivity contribution in [2.75, 3.05) is 12.4 Å². The van der Waals surface area contributed by atoms with Gasteiger partial charge in [-0.05, 0) is 43.0 Å². The van der Waals surface area contributed by atoms with Crippen LogP contribution < -0.4 is 44.7 Å². The molecule has 1 heterocycles. The number of methoxy groups -OCH3 is 1. The molecular weight excluding hydrogens is 343 g/mol. The van der Waals surface area contributed by atoms with Crippen molar-refractivity contribution in [3.63, 3.8) is 0 Å². The van der Waals surface area contributed by atoms with Crippen molar-refractivity contribution < 1.29 is 49.0 Å². The number of benzene rings is 1. The van der Waals surface area contributed by atoms with Crippen LogP contribution in [-0.2, 0) is 9.59 Å². The summed E-state index contributed by atoms with van der Waals surface area (Å²) < 4.78 is 5.05. The van der Waals surface area contributed by atoms with Gasteiger partial charge in [0.2, 0.25) is 11.8 Å². The standard InChI is InChI=1S/C19H20N2O4.Na/c1-12-3-4-13(14-5-6-17(25-2)20-11-14)9-15(12)21-16(22)10-19(7-8-19)18(23)24;/h3-6,9,11H,7-8,10H2,1-2H3,(H,21,22)(H,23,24);/q;+1/p-1. The fourth-order valence-corrected chi connectivity index (χ4v) is 2.71. The molecule has 0 unspecified atom stereocenters. The normalized spacial score (nSPS) is 14.1. The summed E-state index contributed by atoms with van der Waals surface area (Å²) in [4.78, 5) is 27.5. The molecule has 3 rings (SSSR count). The Kier molecular flexibility index (Phi) is 6.44. The first kappa shape index (κ1) is 20.4. The third-order valence-corrected chi connectivity index (χ3v) is 4.58. The summed E-state index contributed by atoms with van der Waals surface area (Å²) in [7, 11) is 1.56. The van der Waals surface area contributed by atoms with Crippen LogP contribution in [0.15, 0.2) is 36.5 Å². The molecule has 1 aliphatic rings. The van der Waals surface area contributed by atoms with Crippen molar-refractivity contribution >= 4 is 17.6 Å². The maximum absolute atomic E-state index is 12.2. The van der Waals surface area contributed by atoms with Crippen LogP contribution in [0.4, 0.5) is 5.69 Å². The van der Waals surface area contributed by atoms with E-state index in [1.54, 1.807) is 19.4 Å². The van der Waals surface area contributed by atoms with Gasteiger partial charge in [-0.15, -0.1) is 0 Å². The Morgan fingerprint density at radius 2 is 1.92 bits per heavy atom. The van der Waals surface area contributed by atoms with Crippen LogP contribution in [0.5, 0.6) is 5.88 Å². The molecule has 6 nitrogen and oxygen atoms in total. The average molecular weight is 362 g/mol. The molecule has 0 atom stereocenters. The zero-order valence-electron chi connectivity index (χ0n) is 15.2. The number of aromatic nitrogens is 1. The number of aryl methyl sites for hydroxylation is 1. The minimum absolute atomic E-state index is 0. The van der Waals surface area contributed by atoms with Crippen molar-refractivity contribution in [2.24, 2.45) is 5.41 Å². The number of ether oxygens (including phenoxy) is 1. The zero-order valence-corrected chi connectivity index (χ0v) is 17.2. The number of rotatable bonds is 6. The number of nitrogens with zero attached hydrogens (tertiary/aromatic N) is 1. The van der Waals surface area contributed by atoms with Gasteiger partial charge < -0.3 is 20.0 Å². The minimum Gasteiger partial charge on any atom is -0.550 e. The molecule has 130 valence electrons. The molecule has 2 aromatic rings. The Bertz CT molecular complexity index is 817. The van der Waals surface area contributed by atoms with Crippen LogP contribution in [0.1, 0.15) is 24.8 Å². The predicted octanol–water partition coefficient (Wildman–Crippen LogP) is -1.07. The maximum Gasteiger partial charge on any atom is 1.00 e. The molecular formula is C19H19N2NaO4. The second-order valence-electron chi connectivity index (χ2n) is 6.41. The fraction of sp³-hybridized carbons (Fsp3) is 0.316. The summed E-state index contributed by atoms with van der Waals surface area (Å²) in [5.41, 5.74) is 2.38. The molecule has 0 aliphatic heterocycles. The van der Waals surface area contributed by atoms with E-state index < -0.39 is 11.4 Å². The molecule has 1 N–H and O–H groups in total. The van der Waals surface area contributed by atoms with Gasteiger partial charge in [0, 0.05) is 41.3 Å². The molecule has 1 saturated carbocycles. The third kappa shape index (κ3) is 4.44. The van der Waals surface area contributed by atoms with Crippen molar-refractivity contribution in [3.8, 4) is 17.0 Å². The number of carboxylic acid groups (broad SMARTS) is 1. The summed E-state index contributed by atoms with van der Waals surface area (Å²) in [6, 6.07) is 9.36. The molecule has 26 heavy (non-hydrogen) atoms. The number of carbonyl (C=O) groups excluding carboxylic acids is 2. The number of carbonyl (C=O) groups is 2. The van der Waals surface area contributed by atoms with Gasteiger partial charge >= 0.3 is 29.6 Å². The zero-order chi connectivity index (χ0) is 18.0. The van der Waals surface area contributed by atoms with Gasteiger partial charge in [0.25, 0.3) is 0 Å².